The van der Waals surface area contributed by atoms with Crippen molar-refractivity contribution in [1.82, 2.24) is 9.55 Å². The third kappa shape index (κ3) is 4.33. The second-order valence-corrected chi connectivity index (χ2v) is 6.76. The van der Waals surface area contributed by atoms with Crippen molar-refractivity contribution in [1.29, 1.82) is 0 Å². The summed E-state index contributed by atoms with van der Waals surface area (Å²) in [4.78, 5) is 25.1. The number of para-hydroxylation sites is 2. The van der Waals surface area contributed by atoms with Gasteiger partial charge in [0.25, 0.3) is 5.56 Å². The highest BCUT2D eigenvalue weighted by molar-refractivity contribution is 6.31. The van der Waals surface area contributed by atoms with Gasteiger partial charge in [-0.3, -0.25) is 14.3 Å². The van der Waals surface area contributed by atoms with E-state index in [1.165, 1.54) is 16.8 Å². The third-order valence-electron chi connectivity index (χ3n) is 4.36. The Morgan fingerprint density at radius 3 is 2.52 bits per heavy atom. The Morgan fingerprint density at radius 2 is 1.69 bits per heavy atom. The molecule has 0 aliphatic rings. The first kappa shape index (κ1) is 18.8. The van der Waals surface area contributed by atoms with E-state index >= 15 is 0 Å². The molecule has 7 heteroatoms. The zero-order chi connectivity index (χ0) is 20.2. The van der Waals surface area contributed by atoms with Crippen molar-refractivity contribution >= 4 is 22.4 Å². The summed E-state index contributed by atoms with van der Waals surface area (Å²) in [6, 6.07) is 20.0. The summed E-state index contributed by atoms with van der Waals surface area (Å²) in [6.45, 7) is 0.522. The molecule has 4 rings (SSSR count). The molecule has 1 N–H and O–H groups in total. The van der Waals surface area contributed by atoms with Gasteiger partial charge in [0, 0.05) is 22.7 Å². The summed E-state index contributed by atoms with van der Waals surface area (Å²) in [7, 11) is 0. The highest BCUT2D eigenvalue weighted by Gasteiger charge is 2.09. The van der Waals surface area contributed by atoms with Crippen LogP contribution in [-0.4, -0.2) is 16.2 Å². The van der Waals surface area contributed by atoms with Crippen molar-refractivity contribution in [2.75, 3.05) is 6.61 Å². The van der Waals surface area contributed by atoms with Gasteiger partial charge in [-0.1, -0.05) is 35.9 Å². The Hall–Kier alpha value is -3.51. The second kappa shape index (κ2) is 8.24. The molecule has 0 radical (unpaired) electrons. The van der Waals surface area contributed by atoms with E-state index in [1.807, 2.05) is 54.6 Å². The van der Waals surface area contributed by atoms with Crippen LogP contribution >= 0.6 is 11.6 Å². The quantitative estimate of drug-likeness (QED) is 0.518. The molecule has 0 atom stereocenters. The minimum absolute atomic E-state index is 0.234. The van der Waals surface area contributed by atoms with E-state index < -0.39 is 11.2 Å². The van der Waals surface area contributed by atoms with Crippen LogP contribution in [0.15, 0.2) is 82.5 Å². The summed E-state index contributed by atoms with van der Waals surface area (Å²) in [5.41, 5.74) is -0.901. The number of hydrogen-bond donors (Lipinski definition) is 1. The number of H-pyrrole nitrogens is 1. The van der Waals surface area contributed by atoms with E-state index in [1.54, 1.807) is 6.07 Å². The SMILES string of the molecule is O=c1ccn(CCOc2ccccc2Oc2cccc3cc(Cl)ccc23)c(=O)[nH]1. The Kier molecular flexibility index (Phi) is 5.35. The van der Waals surface area contributed by atoms with Crippen molar-refractivity contribution in [2.45, 2.75) is 6.54 Å². The number of aromatic nitrogens is 2. The van der Waals surface area contributed by atoms with E-state index in [0.717, 1.165) is 10.8 Å². The molecule has 4 aromatic rings. The first-order valence-corrected chi connectivity index (χ1v) is 9.36. The molecule has 0 aliphatic carbocycles. The van der Waals surface area contributed by atoms with Gasteiger partial charge in [-0.2, -0.15) is 0 Å². The molecule has 3 aromatic carbocycles. The monoisotopic (exact) mass is 408 g/mol. The fourth-order valence-electron chi connectivity index (χ4n) is 2.96. The predicted molar refractivity (Wildman–Crippen MR) is 112 cm³/mol. The average Bonchev–Trinajstić information content (AvgIpc) is 2.71. The highest BCUT2D eigenvalue weighted by Crippen LogP contribution is 2.35. The molecule has 1 aromatic heterocycles. The van der Waals surface area contributed by atoms with E-state index in [-0.39, 0.29) is 13.2 Å². The summed E-state index contributed by atoms with van der Waals surface area (Å²) in [5.74, 6) is 1.80. The van der Waals surface area contributed by atoms with Gasteiger partial charge in [-0.25, -0.2) is 4.79 Å². The molecule has 0 unspecified atom stereocenters. The highest BCUT2D eigenvalue weighted by atomic mass is 35.5. The van der Waals surface area contributed by atoms with Gasteiger partial charge in [0.15, 0.2) is 11.5 Å². The van der Waals surface area contributed by atoms with Crippen molar-refractivity contribution in [3.63, 3.8) is 0 Å². The van der Waals surface area contributed by atoms with Crippen molar-refractivity contribution in [3.8, 4) is 17.2 Å². The van der Waals surface area contributed by atoms with E-state index in [0.29, 0.717) is 22.3 Å². The number of hydrogen-bond acceptors (Lipinski definition) is 4. The number of nitrogens with zero attached hydrogens (tertiary/aromatic N) is 1. The minimum atomic E-state index is -0.472. The van der Waals surface area contributed by atoms with Gasteiger partial charge in [-0.05, 0) is 41.8 Å². The molecule has 0 aliphatic heterocycles. The van der Waals surface area contributed by atoms with Gasteiger partial charge in [0.1, 0.15) is 12.4 Å². The molecule has 0 bridgehead atoms. The molecule has 0 saturated heterocycles. The molecule has 0 saturated carbocycles. The zero-order valence-corrected chi connectivity index (χ0v) is 16.1. The molecule has 146 valence electrons. The number of benzene rings is 3. The molecule has 6 nitrogen and oxygen atoms in total. The summed E-state index contributed by atoms with van der Waals surface area (Å²) in [5, 5.41) is 2.58. The van der Waals surface area contributed by atoms with Crippen molar-refractivity contribution < 1.29 is 9.47 Å². The zero-order valence-electron chi connectivity index (χ0n) is 15.3. The van der Waals surface area contributed by atoms with Crippen LogP contribution in [0.1, 0.15) is 0 Å². The normalized spacial score (nSPS) is 10.8. The molecule has 0 amide bonds. The van der Waals surface area contributed by atoms with Crippen LogP contribution in [0, 0.1) is 0 Å². The molecule has 1 heterocycles. The average molecular weight is 409 g/mol. The lowest BCUT2D eigenvalue weighted by atomic mass is 10.1. The number of fused-ring (bicyclic) bond motifs is 1. The Balaban J connectivity index is 1.53. The minimum Gasteiger partial charge on any atom is -0.488 e. The topological polar surface area (TPSA) is 73.3 Å². The third-order valence-corrected chi connectivity index (χ3v) is 4.59. The fourth-order valence-corrected chi connectivity index (χ4v) is 3.14. The molecule has 0 fully saturated rings. The predicted octanol–water partition coefficient (Wildman–Crippen LogP) is 4.21. The summed E-state index contributed by atoms with van der Waals surface area (Å²) >= 11 is 6.08. The van der Waals surface area contributed by atoms with E-state index in [4.69, 9.17) is 21.1 Å². The molecule has 29 heavy (non-hydrogen) atoms. The first-order valence-electron chi connectivity index (χ1n) is 8.98. The van der Waals surface area contributed by atoms with E-state index in [9.17, 15) is 9.59 Å². The van der Waals surface area contributed by atoms with Crippen LogP contribution < -0.4 is 20.7 Å². The van der Waals surface area contributed by atoms with Gasteiger partial charge in [0.2, 0.25) is 0 Å². The lowest BCUT2D eigenvalue weighted by Crippen LogP contribution is -2.30. The number of halogens is 1. The fraction of sp³-hybridized carbons (Fsp3) is 0.0909. The van der Waals surface area contributed by atoms with Crippen LogP contribution in [0.2, 0.25) is 5.02 Å². The maximum Gasteiger partial charge on any atom is 0.328 e. The largest absolute Gasteiger partial charge is 0.488 e. The second-order valence-electron chi connectivity index (χ2n) is 6.32. The van der Waals surface area contributed by atoms with Gasteiger partial charge in [-0.15, -0.1) is 0 Å². The lowest BCUT2D eigenvalue weighted by molar-refractivity contribution is 0.283. The van der Waals surface area contributed by atoms with Gasteiger partial charge >= 0.3 is 5.69 Å². The van der Waals surface area contributed by atoms with Crippen LogP contribution in [-0.2, 0) is 6.54 Å². The first-order chi connectivity index (χ1) is 14.1. The summed E-state index contributed by atoms with van der Waals surface area (Å²) in [6.07, 6.45) is 1.44. The number of rotatable bonds is 6. The van der Waals surface area contributed by atoms with Crippen LogP contribution in [0.4, 0.5) is 0 Å². The van der Waals surface area contributed by atoms with Gasteiger partial charge < -0.3 is 9.47 Å². The smallest absolute Gasteiger partial charge is 0.328 e. The Morgan fingerprint density at radius 1 is 0.897 bits per heavy atom. The number of ether oxygens (including phenoxy) is 2. The Bertz CT molecular complexity index is 1280. The van der Waals surface area contributed by atoms with Crippen LogP contribution in [0.3, 0.4) is 0 Å². The van der Waals surface area contributed by atoms with E-state index in [2.05, 4.69) is 4.98 Å². The van der Waals surface area contributed by atoms with Crippen molar-refractivity contribution in [2.24, 2.45) is 0 Å². The molecular formula is C22H17ClN2O4. The molecule has 0 spiro atoms. The van der Waals surface area contributed by atoms with Gasteiger partial charge in [0.05, 0.1) is 6.54 Å². The standard InChI is InChI=1S/C22H17ClN2O4/c23-16-8-9-17-15(14-16)4-3-7-18(17)29-20-6-2-1-5-19(20)28-13-12-25-11-10-21(26)24-22(25)27/h1-11,14H,12-13H2,(H,24,26,27). The van der Waals surface area contributed by atoms with Crippen LogP contribution in [0.25, 0.3) is 10.8 Å². The Labute approximate surface area is 170 Å². The maximum atomic E-state index is 11.8. The number of nitrogens with one attached hydrogen (secondary N) is 1. The van der Waals surface area contributed by atoms with Crippen LogP contribution in [0.5, 0.6) is 17.2 Å². The maximum absolute atomic E-state index is 11.8. The lowest BCUT2D eigenvalue weighted by Gasteiger charge is -2.14. The number of aromatic amines is 1. The summed E-state index contributed by atoms with van der Waals surface area (Å²) < 4.78 is 13.3. The molecular weight excluding hydrogens is 392 g/mol. The van der Waals surface area contributed by atoms with Crippen molar-refractivity contribution in [3.05, 3.63) is 98.8 Å².